The van der Waals surface area contributed by atoms with Gasteiger partial charge in [-0.3, -0.25) is 0 Å². The van der Waals surface area contributed by atoms with Crippen LogP contribution in [0.3, 0.4) is 0 Å². The van der Waals surface area contributed by atoms with E-state index in [9.17, 15) is 0 Å². The first-order valence-electron chi connectivity index (χ1n) is 4.75. The highest BCUT2D eigenvalue weighted by Crippen LogP contribution is 2.27. The summed E-state index contributed by atoms with van der Waals surface area (Å²) in [5, 5.41) is 8.77. The van der Waals surface area contributed by atoms with Gasteiger partial charge in [0.05, 0.1) is 0 Å². The van der Waals surface area contributed by atoms with Crippen LogP contribution in [0.2, 0.25) is 0 Å². The highest BCUT2D eigenvalue weighted by atomic mass is 14.7. The molecule has 0 atom stereocenters. The van der Waals surface area contributed by atoms with E-state index in [1.807, 2.05) is 19.9 Å². The van der Waals surface area contributed by atoms with Gasteiger partial charge >= 0.3 is 0 Å². The van der Waals surface area contributed by atoms with E-state index in [0.717, 1.165) is 11.3 Å². The average Bonchev–Trinajstić information content (AvgIpc) is 1.99. The van der Waals surface area contributed by atoms with Crippen molar-refractivity contribution in [3.63, 3.8) is 0 Å². The van der Waals surface area contributed by atoms with Crippen molar-refractivity contribution in [3.05, 3.63) is 28.6 Å². The quantitative estimate of drug-likeness (QED) is 0.648. The van der Waals surface area contributed by atoms with Crippen LogP contribution in [0.4, 0.5) is 0 Å². The summed E-state index contributed by atoms with van der Waals surface area (Å²) in [6.07, 6.45) is 0. The van der Waals surface area contributed by atoms with Crippen LogP contribution in [0.5, 0.6) is 0 Å². The van der Waals surface area contributed by atoms with Crippen molar-refractivity contribution in [1.29, 1.82) is 5.26 Å². The van der Waals surface area contributed by atoms with E-state index in [2.05, 4.69) is 31.8 Å². The molecule has 0 aromatic carbocycles. The Hall–Kier alpha value is -1.36. The Kier molecular flexibility index (Phi) is 4.04. The van der Waals surface area contributed by atoms with Crippen LogP contribution in [-0.2, 0) is 5.41 Å². The molecule has 0 saturated heterocycles. The largest absolute Gasteiger partial charge is 0.242 e. The molecule has 0 fully saturated rings. The molecule has 0 saturated carbocycles. The van der Waals surface area contributed by atoms with Crippen LogP contribution in [0.15, 0.2) is 6.07 Å². The highest BCUT2D eigenvalue weighted by molar-refractivity contribution is 5.39. The Balaban J connectivity index is 0.00000196. The monoisotopic (exact) mass is 204 g/mol. The molecule has 2 heteroatoms. The van der Waals surface area contributed by atoms with Crippen LogP contribution in [0.1, 0.15) is 50.7 Å². The number of nitriles is 1. The van der Waals surface area contributed by atoms with Gasteiger partial charge in [-0.05, 0) is 36.5 Å². The lowest BCUT2D eigenvalue weighted by Crippen LogP contribution is -2.16. The zero-order chi connectivity index (χ0) is 10.9. The van der Waals surface area contributed by atoms with Crippen LogP contribution >= 0.6 is 0 Å². The zero-order valence-corrected chi connectivity index (χ0v) is 9.47. The summed E-state index contributed by atoms with van der Waals surface area (Å²) in [6, 6.07) is 3.93. The number of hydrogen-bond donors (Lipinski definition) is 0. The summed E-state index contributed by atoms with van der Waals surface area (Å²) >= 11 is 0. The number of rotatable bonds is 0. The Morgan fingerprint density at radius 1 is 1.27 bits per heavy atom. The summed E-state index contributed by atoms with van der Waals surface area (Å²) in [6.45, 7) is 10.5. The van der Waals surface area contributed by atoms with Crippen LogP contribution in [-0.4, -0.2) is 4.98 Å². The highest BCUT2D eigenvalue weighted by Gasteiger charge is 2.20. The fourth-order valence-electron chi connectivity index (χ4n) is 2.02. The minimum absolute atomic E-state index is 0. The minimum atomic E-state index is 0. The molecule has 0 spiro atoms. The Morgan fingerprint density at radius 3 is 2.13 bits per heavy atom. The third kappa shape index (κ3) is 2.79. The van der Waals surface area contributed by atoms with Crippen molar-refractivity contribution >= 4 is 0 Å². The maximum Gasteiger partial charge on any atom is 0.141 e. The van der Waals surface area contributed by atoms with Gasteiger partial charge in [-0.25, -0.2) is 4.98 Å². The van der Waals surface area contributed by atoms with Crippen molar-refractivity contribution in [2.24, 2.45) is 0 Å². The van der Waals surface area contributed by atoms with E-state index in [0.29, 0.717) is 5.69 Å². The number of hydrogen-bond acceptors (Lipinski definition) is 2. The van der Waals surface area contributed by atoms with Gasteiger partial charge in [-0.1, -0.05) is 28.2 Å². The number of nitrogens with zero attached hydrogens (tertiary/aromatic N) is 2. The molecular weight excluding hydrogens is 184 g/mol. The molecule has 1 aromatic heterocycles. The van der Waals surface area contributed by atoms with Crippen molar-refractivity contribution < 1.29 is 0 Å². The Labute approximate surface area is 93.0 Å². The number of aromatic nitrogens is 1. The summed E-state index contributed by atoms with van der Waals surface area (Å²) < 4.78 is 0. The third-order valence-corrected chi connectivity index (χ3v) is 2.26. The van der Waals surface area contributed by atoms with Gasteiger partial charge in [0.1, 0.15) is 11.8 Å². The van der Waals surface area contributed by atoms with Crippen molar-refractivity contribution in [1.82, 2.24) is 4.98 Å². The zero-order valence-electron chi connectivity index (χ0n) is 9.47. The molecule has 15 heavy (non-hydrogen) atoms. The molecule has 0 bridgehead atoms. The van der Waals surface area contributed by atoms with Crippen LogP contribution in [0.25, 0.3) is 0 Å². The van der Waals surface area contributed by atoms with Gasteiger partial charge < -0.3 is 0 Å². The van der Waals surface area contributed by atoms with Gasteiger partial charge in [-0.2, -0.15) is 5.26 Å². The fourth-order valence-corrected chi connectivity index (χ4v) is 2.02. The van der Waals surface area contributed by atoms with Gasteiger partial charge in [0.25, 0.3) is 0 Å². The lowest BCUT2D eigenvalue weighted by Gasteiger charge is -2.23. The van der Waals surface area contributed by atoms with Crippen molar-refractivity contribution in [2.75, 3.05) is 0 Å². The molecule has 82 valence electrons. The first-order valence-corrected chi connectivity index (χ1v) is 4.75. The predicted molar refractivity (Wildman–Crippen MR) is 63.9 cm³/mol. The molecule has 0 radical (unpaired) electrons. The number of aryl methyl sites for hydroxylation is 2. The van der Waals surface area contributed by atoms with Crippen molar-refractivity contribution in [3.8, 4) is 6.07 Å². The third-order valence-electron chi connectivity index (χ3n) is 2.26. The van der Waals surface area contributed by atoms with E-state index in [4.69, 9.17) is 5.26 Å². The van der Waals surface area contributed by atoms with E-state index in [1.165, 1.54) is 5.56 Å². The maximum atomic E-state index is 8.77. The second-order valence-corrected chi connectivity index (χ2v) is 4.65. The minimum Gasteiger partial charge on any atom is -0.242 e. The molecule has 0 aliphatic heterocycles. The molecule has 1 rings (SSSR count). The topological polar surface area (TPSA) is 36.7 Å². The number of pyridine rings is 1. The molecule has 2 nitrogen and oxygen atoms in total. The van der Waals surface area contributed by atoms with E-state index >= 15 is 0 Å². The van der Waals surface area contributed by atoms with Crippen LogP contribution in [0, 0.1) is 25.2 Å². The molecule has 1 heterocycles. The summed E-state index contributed by atoms with van der Waals surface area (Å²) in [5.41, 5.74) is 3.97. The second-order valence-electron chi connectivity index (χ2n) is 4.65. The van der Waals surface area contributed by atoms with Crippen molar-refractivity contribution in [2.45, 2.75) is 47.5 Å². The first-order chi connectivity index (χ1) is 6.36. The molecule has 0 unspecified atom stereocenters. The lowest BCUT2D eigenvalue weighted by atomic mass is 9.83. The van der Waals surface area contributed by atoms with E-state index in [-0.39, 0.29) is 12.8 Å². The fraction of sp³-hybridized carbons (Fsp3) is 0.538. The van der Waals surface area contributed by atoms with Gasteiger partial charge in [-0.15, -0.1) is 0 Å². The summed E-state index contributed by atoms with van der Waals surface area (Å²) in [7, 11) is 0. The Bertz CT molecular complexity index is 369. The predicted octanol–water partition coefficient (Wildman–Crippen LogP) is 3.50. The van der Waals surface area contributed by atoms with E-state index in [1.54, 1.807) is 0 Å². The van der Waals surface area contributed by atoms with Crippen LogP contribution < -0.4 is 0 Å². The molecule has 1 aromatic rings. The molecule has 0 aliphatic carbocycles. The molecule has 0 aliphatic rings. The maximum absolute atomic E-state index is 8.77. The Morgan fingerprint density at radius 2 is 1.80 bits per heavy atom. The molecule has 0 N–H and O–H groups in total. The second kappa shape index (κ2) is 4.44. The summed E-state index contributed by atoms with van der Waals surface area (Å²) in [5.74, 6) is 0. The normalized spacial score (nSPS) is 10.4. The lowest BCUT2D eigenvalue weighted by molar-refractivity contribution is 0.577. The average molecular weight is 204 g/mol. The molecular formula is C13H20N2. The van der Waals surface area contributed by atoms with E-state index < -0.39 is 0 Å². The standard InChI is InChI=1S/C12H16N2.CH4/c1-8-6-10(7-13)14-9(2)11(8)12(3,4)5;/h6H,1-5H3;1H4. The summed E-state index contributed by atoms with van der Waals surface area (Å²) in [4.78, 5) is 4.26. The van der Waals surface area contributed by atoms with Gasteiger partial charge in [0.15, 0.2) is 0 Å². The SMILES string of the molecule is C.Cc1cc(C#N)nc(C)c1C(C)(C)C. The first kappa shape index (κ1) is 13.6. The molecule has 0 amide bonds. The van der Waals surface area contributed by atoms with Gasteiger partial charge in [0.2, 0.25) is 0 Å². The smallest absolute Gasteiger partial charge is 0.141 e. The van der Waals surface area contributed by atoms with Gasteiger partial charge in [0, 0.05) is 5.69 Å².